The average molecular weight is 605 g/mol. The molecule has 1 N–H and O–H groups in total. The van der Waals surface area contributed by atoms with Gasteiger partial charge in [-0.25, -0.2) is 8.42 Å². The number of nitrogens with zero attached hydrogens (tertiary/aromatic N) is 2. The van der Waals surface area contributed by atoms with Crippen molar-refractivity contribution in [3.05, 3.63) is 94.0 Å². The van der Waals surface area contributed by atoms with Gasteiger partial charge in [0.1, 0.15) is 12.6 Å². The van der Waals surface area contributed by atoms with E-state index in [4.69, 9.17) is 23.2 Å². The Morgan fingerprint density at radius 1 is 0.900 bits per heavy atom. The molecule has 0 bridgehead atoms. The molecule has 214 valence electrons. The van der Waals surface area contributed by atoms with Gasteiger partial charge < -0.3 is 10.2 Å². The van der Waals surface area contributed by atoms with Crippen molar-refractivity contribution in [1.29, 1.82) is 0 Å². The molecule has 0 heterocycles. The molecule has 0 aromatic heterocycles. The van der Waals surface area contributed by atoms with Crippen molar-refractivity contribution in [3.8, 4) is 0 Å². The first kappa shape index (κ1) is 31.5. The predicted molar refractivity (Wildman–Crippen MR) is 161 cm³/mol. The molecule has 10 heteroatoms. The summed E-state index contributed by atoms with van der Waals surface area (Å²) in [5.41, 5.74) is 1.81. The van der Waals surface area contributed by atoms with Gasteiger partial charge in [0.05, 0.1) is 10.6 Å². The van der Waals surface area contributed by atoms with Crippen LogP contribution in [0.3, 0.4) is 0 Å². The number of hydrogen-bond acceptors (Lipinski definition) is 4. The highest BCUT2D eigenvalue weighted by Gasteiger charge is 2.34. The van der Waals surface area contributed by atoms with Crippen molar-refractivity contribution >= 4 is 50.7 Å². The summed E-state index contributed by atoms with van der Waals surface area (Å²) in [6.07, 6.45) is 0.345. The molecule has 0 aliphatic rings. The first-order chi connectivity index (χ1) is 18.9. The van der Waals surface area contributed by atoms with Crippen LogP contribution in [0.5, 0.6) is 0 Å². The molecule has 3 aromatic rings. The Morgan fingerprint density at radius 2 is 1.48 bits per heavy atom. The lowest BCUT2D eigenvalue weighted by atomic mass is 10.1. The highest BCUT2D eigenvalue weighted by Crippen LogP contribution is 2.28. The lowest BCUT2D eigenvalue weighted by Gasteiger charge is -2.33. The van der Waals surface area contributed by atoms with E-state index < -0.39 is 28.5 Å². The summed E-state index contributed by atoms with van der Waals surface area (Å²) in [6, 6.07) is 18.9. The van der Waals surface area contributed by atoms with Crippen LogP contribution in [-0.2, 0) is 26.2 Å². The molecule has 0 aliphatic heterocycles. The minimum atomic E-state index is -4.17. The van der Waals surface area contributed by atoms with Gasteiger partial charge >= 0.3 is 0 Å². The molecule has 0 radical (unpaired) electrons. The van der Waals surface area contributed by atoms with Crippen molar-refractivity contribution in [2.45, 2.75) is 51.6 Å². The number of sulfonamides is 1. The molecule has 0 saturated carbocycles. The molecule has 2 amide bonds. The molecule has 0 fully saturated rings. The van der Waals surface area contributed by atoms with Gasteiger partial charge in [-0.1, -0.05) is 74.3 Å². The van der Waals surface area contributed by atoms with Crippen molar-refractivity contribution < 1.29 is 18.0 Å². The Labute approximate surface area is 247 Å². The fourth-order valence-electron chi connectivity index (χ4n) is 4.22. The Balaban J connectivity index is 2.05. The van der Waals surface area contributed by atoms with Crippen LogP contribution >= 0.6 is 23.2 Å². The van der Waals surface area contributed by atoms with E-state index in [9.17, 15) is 18.0 Å². The monoisotopic (exact) mass is 603 g/mol. The fraction of sp³-hybridized carbons (Fsp3) is 0.333. The lowest BCUT2D eigenvalue weighted by Crippen LogP contribution is -2.52. The Morgan fingerprint density at radius 3 is 2.02 bits per heavy atom. The summed E-state index contributed by atoms with van der Waals surface area (Å²) in [5, 5.41) is 3.86. The van der Waals surface area contributed by atoms with Crippen molar-refractivity contribution in [3.63, 3.8) is 0 Å². The molecule has 7 nitrogen and oxygen atoms in total. The lowest BCUT2D eigenvalue weighted by molar-refractivity contribution is -0.140. The number of halogens is 2. The number of hydrogen-bond donors (Lipinski definition) is 1. The van der Waals surface area contributed by atoms with E-state index >= 15 is 0 Å². The Hall–Kier alpha value is -3.07. The number of nitrogens with one attached hydrogen (secondary N) is 1. The van der Waals surface area contributed by atoms with Crippen LogP contribution in [0.15, 0.2) is 77.7 Å². The number of carbonyl (C=O) groups excluding carboxylic acids is 2. The summed E-state index contributed by atoms with van der Waals surface area (Å²) in [6.45, 7) is 7.64. The van der Waals surface area contributed by atoms with E-state index in [0.717, 1.165) is 9.87 Å². The zero-order chi connectivity index (χ0) is 29.4. The zero-order valence-corrected chi connectivity index (χ0v) is 25.4. The minimum absolute atomic E-state index is 0.000998. The maximum absolute atomic E-state index is 14.1. The van der Waals surface area contributed by atoms with Gasteiger partial charge in [-0.15, -0.1) is 0 Å². The van der Waals surface area contributed by atoms with Crippen molar-refractivity contribution in [2.24, 2.45) is 5.92 Å². The van der Waals surface area contributed by atoms with Crippen molar-refractivity contribution in [2.75, 3.05) is 17.4 Å². The molecule has 0 aliphatic carbocycles. The van der Waals surface area contributed by atoms with Crippen LogP contribution in [0, 0.1) is 12.8 Å². The van der Waals surface area contributed by atoms with Gasteiger partial charge in [0.25, 0.3) is 10.0 Å². The molecule has 3 aromatic carbocycles. The summed E-state index contributed by atoms with van der Waals surface area (Å²) < 4.78 is 28.9. The number of carbonyl (C=O) groups is 2. The second-order valence-corrected chi connectivity index (χ2v) is 12.7. The number of anilines is 1. The highest BCUT2D eigenvalue weighted by molar-refractivity contribution is 7.92. The fourth-order valence-corrected chi connectivity index (χ4v) is 5.95. The van der Waals surface area contributed by atoms with Crippen LogP contribution in [-0.4, -0.2) is 44.3 Å². The molecule has 0 saturated heterocycles. The maximum atomic E-state index is 14.1. The summed E-state index contributed by atoms with van der Waals surface area (Å²) in [5.74, 6) is -0.577. The molecular weight excluding hydrogens is 569 g/mol. The quantitative estimate of drug-likeness (QED) is 0.272. The maximum Gasteiger partial charge on any atom is 0.264 e. The zero-order valence-electron chi connectivity index (χ0n) is 23.1. The number of rotatable bonds is 12. The first-order valence-electron chi connectivity index (χ1n) is 13.1. The molecule has 1 atom stereocenters. The van der Waals surface area contributed by atoms with Crippen LogP contribution in [0.2, 0.25) is 10.0 Å². The molecule has 3 rings (SSSR count). The molecule has 0 unspecified atom stereocenters. The van der Waals surface area contributed by atoms with E-state index in [2.05, 4.69) is 5.32 Å². The van der Waals surface area contributed by atoms with E-state index in [1.165, 1.54) is 29.2 Å². The van der Waals surface area contributed by atoms with Crippen LogP contribution in [0.1, 0.15) is 38.3 Å². The third-order valence-electron chi connectivity index (χ3n) is 6.40. The SMILES string of the molecule is CC[C@H](C(=O)NCC(C)C)N(Cc1ccc(Cl)cc1)C(=O)CN(c1ccccc1C)S(=O)(=O)c1ccc(Cl)cc1. The van der Waals surface area contributed by atoms with Gasteiger partial charge in [-0.2, -0.15) is 0 Å². The van der Waals surface area contributed by atoms with Gasteiger partial charge in [-0.05, 0) is 72.9 Å². The summed E-state index contributed by atoms with van der Waals surface area (Å²) in [7, 11) is -4.17. The molecule has 40 heavy (non-hydrogen) atoms. The number of para-hydroxylation sites is 1. The standard InChI is InChI=1S/C30H35Cl2N3O4S/c1-5-27(30(37)33-18-21(2)3)34(19-23-10-12-24(31)13-11-23)29(36)20-35(28-9-7-6-8-22(28)4)40(38,39)26-16-14-25(32)15-17-26/h6-17,21,27H,5,18-20H2,1-4H3,(H,33,37)/t27-/m1/s1. The first-order valence-corrected chi connectivity index (χ1v) is 15.3. The van der Waals surface area contributed by atoms with Crippen LogP contribution < -0.4 is 9.62 Å². The van der Waals surface area contributed by atoms with E-state index in [1.54, 1.807) is 55.5 Å². The van der Waals surface area contributed by atoms with E-state index in [0.29, 0.717) is 34.3 Å². The predicted octanol–water partition coefficient (Wildman–Crippen LogP) is 6.08. The molecular formula is C30H35Cl2N3O4S. The van der Waals surface area contributed by atoms with Gasteiger partial charge in [0.15, 0.2) is 0 Å². The number of amides is 2. The third kappa shape index (κ3) is 7.99. The summed E-state index contributed by atoms with van der Waals surface area (Å²) >= 11 is 12.1. The second kappa shape index (κ2) is 14.0. The van der Waals surface area contributed by atoms with Crippen LogP contribution in [0.4, 0.5) is 5.69 Å². The van der Waals surface area contributed by atoms with Gasteiger partial charge in [-0.3, -0.25) is 13.9 Å². The van der Waals surface area contributed by atoms with E-state index in [1.807, 2.05) is 20.8 Å². The Kier molecular flexibility index (Phi) is 11.0. The van der Waals surface area contributed by atoms with Gasteiger partial charge in [0, 0.05) is 23.1 Å². The highest BCUT2D eigenvalue weighted by atomic mass is 35.5. The third-order valence-corrected chi connectivity index (χ3v) is 8.68. The molecule has 0 spiro atoms. The Bertz CT molecular complexity index is 1410. The second-order valence-electron chi connectivity index (χ2n) is 9.96. The minimum Gasteiger partial charge on any atom is -0.354 e. The number of aryl methyl sites for hydroxylation is 1. The van der Waals surface area contributed by atoms with Crippen molar-refractivity contribution in [1.82, 2.24) is 10.2 Å². The smallest absolute Gasteiger partial charge is 0.264 e. The van der Waals surface area contributed by atoms with E-state index in [-0.39, 0.29) is 23.3 Å². The van der Waals surface area contributed by atoms with Crippen LogP contribution in [0.25, 0.3) is 0 Å². The van der Waals surface area contributed by atoms with Gasteiger partial charge in [0.2, 0.25) is 11.8 Å². The topological polar surface area (TPSA) is 86.8 Å². The largest absolute Gasteiger partial charge is 0.354 e. The number of benzene rings is 3. The normalized spacial score (nSPS) is 12.2. The average Bonchev–Trinajstić information content (AvgIpc) is 2.92. The summed E-state index contributed by atoms with van der Waals surface area (Å²) in [4.78, 5) is 28.8.